The van der Waals surface area contributed by atoms with Crippen LogP contribution in [0.3, 0.4) is 0 Å². The van der Waals surface area contributed by atoms with Crippen LogP contribution >= 0.6 is 11.3 Å². The van der Waals surface area contributed by atoms with E-state index < -0.39 is 0 Å². The van der Waals surface area contributed by atoms with Crippen LogP contribution in [0.4, 0.5) is 5.13 Å². The van der Waals surface area contributed by atoms with Crippen LogP contribution in [0.2, 0.25) is 0 Å². The van der Waals surface area contributed by atoms with Gasteiger partial charge in [0.2, 0.25) is 5.75 Å². The number of hydrogen-bond acceptors (Lipinski definition) is 5. The van der Waals surface area contributed by atoms with Crippen LogP contribution in [0.1, 0.15) is 10.4 Å². The molecule has 1 aliphatic carbocycles. The highest BCUT2D eigenvalue weighted by Gasteiger charge is 2.26. The van der Waals surface area contributed by atoms with Gasteiger partial charge in [0.05, 0.1) is 26.2 Å². The molecule has 0 unspecified atom stereocenters. The number of H-pyrrole nitrogens is 1. The van der Waals surface area contributed by atoms with Crippen LogP contribution in [0.15, 0.2) is 30.3 Å². The van der Waals surface area contributed by atoms with E-state index >= 15 is 0 Å². The highest BCUT2D eigenvalue weighted by atomic mass is 32.1. The predicted octanol–water partition coefficient (Wildman–Crippen LogP) is 3.41. The number of thiazole rings is 1. The SMILES string of the molecule is COc1cc(-c2ccc3c(c2)Cc2sc(N)[nH+]c2-3)cc(OC)c1OC. The predicted molar refractivity (Wildman–Crippen MR) is 98.6 cm³/mol. The number of ether oxygens (including phenoxy) is 3. The molecule has 3 aromatic rings. The standard InChI is InChI=1S/C19H18N2O3S/c1-22-14-7-11(8-15(23-2)18(14)24-3)10-4-5-13-12(6-10)9-16-17(13)21-19(20)25-16/h4-8H,9H2,1-3H3,(H2,20,21)/p+1. The first-order valence-electron chi connectivity index (χ1n) is 7.88. The van der Waals surface area contributed by atoms with Gasteiger partial charge < -0.3 is 14.2 Å². The van der Waals surface area contributed by atoms with E-state index in [9.17, 15) is 0 Å². The summed E-state index contributed by atoms with van der Waals surface area (Å²) in [5.74, 6) is 1.90. The maximum Gasteiger partial charge on any atom is 0.330 e. The van der Waals surface area contributed by atoms with Crippen molar-refractivity contribution in [2.24, 2.45) is 0 Å². The lowest BCUT2D eigenvalue weighted by molar-refractivity contribution is -0.340. The molecule has 0 saturated carbocycles. The minimum Gasteiger partial charge on any atom is -0.493 e. The average Bonchev–Trinajstić information content (AvgIpc) is 3.15. The minimum absolute atomic E-state index is 0.599. The zero-order chi connectivity index (χ0) is 17.6. The first kappa shape index (κ1) is 15.8. The van der Waals surface area contributed by atoms with Gasteiger partial charge in [-0.2, -0.15) is 0 Å². The van der Waals surface area contributed by atoms with E-state index in [0.717, 1.165) is 28.4 Å². The number of aromatic amines is 1. The van der Waals surface area contributed by atoms with Gasteiger partial charge >= 0.3 is 5.13 Å². The second kappa shape index (κ2) is 5.97. The molecule has 1 aromatic heterocycles. The number of rotatable bonds is 4. The molecule has 1 aliphatic rings. The summed E-state index contributed by atoms with van der Waals surface area (Å²) in [6.07, 6.45) is 0.904. The molecule has 0 radical (unpaired) electrons. The second-order valence-electron chi connectivity index (χ2n) is 5.85. The van der Waals surface area contributed by atoms with Crippen molar-refractivity contribution in [3.63, 3.8) is 0 Å². The molecule has 0 bridgehead atoms. The third-order valence-corrected chi connectivity index (χ3v) is 5.40. The number of methoxy groups -OCH3 is 3. The fourth-order valence-corrected chi connectivity index (χ4v) is 4.24. The number of anilines is 1. The van der Waals surface area contributed by atoms with Crippen molar-refractivity contribution in [2.75, 3.05) is 27.1 Å². The summed E-state index contributed by atoms with van der Waals surface area (Å²) in [7, 11) is 4.86. The van der Waals surface area contributed by atoms with E-state index in [1.54, 1.807) is 32.7 Å². The first-order chi connectivity index (χ1) is 12.1. The average molecular weight is 355 g/mol. The number of hydrogen-bond donors (Lipinski definition) is 1. The summed E-state index contributed by atoms with van der Waals surface area (Å²) in [4.78, 5) is 4.55. The lowest BCUT2D eigenvalue weighted by atomic mass is 9.99. The van der Waals surface area contributed by atoms with Gasteiger partial charge in [-0.05, 0) is 34.9 Å². The van der Waals surface area contributed by atoms with Crippen LogP contribution in [-0.4, -0.2) is 21.3 Å². The molecular formula is C19H19N2O3S+. The highest BCUT2D eigenvalue weighted by molar-refractivity contribution is 7.15. The van der Waals surface area contributed by atoms with Gasteiger partial charge in [0.15, 0.2) is 11.5 Å². The van der Waals surface area contributed by atoms with Gasteiger partial charge in [-0.25, -0.2) is 4.98 Å². The zero-order valence-electron chi connectivity index (χ0n) is 14.3. The Balaban J connectivity index is 1.79. The Morgan fingerprint density at radius 3 is 2.32 bits per heavy atom. The van der Waals surface area contributed by atoms with Crippen LogP contribution in [-0.2, 0) is 6.42 Å². The normalized spacial score (nSPS) is 11.8. The Morgan fingerprint density at radius 2 is 1.68 bits per heavy atom. The summed E-state index contributed by atoms with van der Waals surface area (Å²) in [5, 5.41) is 0.754. The van der Waals surface area contributed by atoms with Gasteiger partial charge in [-0.1, -0.05) is 23.5 Å². The minimum atomic E-state index is 0.599. The number of nitrogens with two attached hydrogens (primary N) is 1. The Hall–Kier alpha value is -2.73. The lowest BCUT2D eigenvalue weighted by Crippen LogP contribution is -2.06. The second-order valence-corrected chi connectivity index (χ2v) is 6.99. The molecular weight excluding hydrogens is 336 g/mol. The Bertz CT molecular complexity index is 940. The molecule has 128 valence electrons. The van der Waals surface area contributed by atoms with E-state index in [1.807, 2.05) is 12.1 Å². The van der Waals surface area contributed by atoms with Gasteiger partial charge in [0, 0.05) is 12.0 Å². The van der Waals surface area contributed by atoms with Crippen molar-refractivity contribution in [1.29, 1.82) is 0 Å². The summed E-state index contributed by atoms with van der Waals surface area (Å²) in [6, 6.07) is 10.4. The lowest BCUT2D eigenvalue weighted by Gasteiger charge is -2.14. The Morgan fingerprint density at radius 1 is 0.960 bits per heavy atom. The summed E-state index contributed by atoms with van der Waals surface area (Å²) >= 11 is 1.62. The number of nitrogens with one attached hydrogen (secondary N) is 1. The molecule has 2 aromatic carbocycles. The third-order valence-electron chi connectivity index (χ3n) is 4.48. The molecule has 3 N–H and O–H groups in total. The highest BCUT2D eigenvalue weighted by Crippen LogP contribution is 2.43. The zero-order valence-corrected chi connectivity index (χ0v) is 15.1. The molecule has 0 amide bonds. The van der Waals surface area contributed by atoms with E-state index in [2.05, 4.69) is 23.2 Å². The smallest absolute Gasteiger partial charge is 0.330 e. The third kappa shape index (κ3) is 2.49. The van der Waals surface area contributed by atoms with Crippen LogP contribution in [0, 0.1) is 0 Å². The van der Waals surface area contributed by atoms with Crippen molar-refractivity contribution in [1.82, 2.24) is 0 Å². The number of nitrogen functional groups attached to an aromatic ring is 1. The van der Waals surface area contributed by atoms with E-state index in [0.29, 0.717) is 17.2 Å². The van der Waals surface area contributed by atoms with Gasteiger partial charge in [-0.15, -0.1) is 0 Å². The fourth-order valence-electron chi connectivity index (χ4n) is 3.33. The van der Waals surface area contributed by atoms with E-state index in [4.69, 9.17) is 19.9 Å². The maximum atomic E-state index is 5.88. The first-order valence-corrected chi connectivity index (χ1v) is 8.70. The van der Waals surface area contributed by atoms with Crippen molar-refractivity contribution in [2.45, 2.75) is 6.42 Å². The monoisotopic (exact) mass is 355 g/mol. The van der Waals surface area contributed by atoms with Crippen molar-refractivity contribution >= 4 is 16.5 Å². The van der Waals surface area contributed by atoms with E-state index in [-0.39, 0.29) is 0 Å². The molecule has 0 spiro atoms. The topological polar surface area (TPSA) is 67.9 Å². The molecule has 4 rings (SSSR count). The molecule has 25 heavy (non-hydrogen) atoms. The Labute approximate surface area is 150 Å². The number of benzene rings is 2. The summed E-state index contributed by atoms with van der Waals surface area (Å²) in [5.41, 5.74) is 11.7. The van der Waals surface area contributed by atoms with Crippen molar-refractivity contribution in [3.8, 4) is 39.6 Å². The van der Waals surface area contributed by atoms with E-state index in [1.165, 1.54) is 16.0 Å². The van der Waals surface area contributed by atoms with Crippen LogP contribution in [0.5, 0.6) is 17.2 Å². The number of fused-ring (bicyclic) bond motifs is 3. The van der Waals surface area contributed by atoms with Gasteiger partial charge in [-0.3, -0.25) is 5.73 Å². The quantitative estimate of drug-likeness (QED) is 0.609. The largest absolute Gasteiger partial charge is 0.493 e. The maximum absolute atomic E-state index is 5.88. The summed E-state index contributed by atoms with van der Waals surface area (Å²) in [6.45, 7) is 0. The van der Waals surface area contributed by atoms with Crippen LogP contribution in [0.25, 0.3) is 22.4 Å². The van der Waals surface area contributed by atoms with Gasteiger partial charge in [0.25, 0.3) is 0 Å². The van der Waals surface area contributed by atoms with Gasteiger partial charge in [0.1, 0.15) is 5.69 Å². The molecule has 6 heteroatoms. The molecule has 0 atom stereocenters. The molecule has 5 nitrogen and oxygen atoms in total. The Kier molecular flexibility index (Phi) is 3.77. The van der Waals surface area contributed by atoms with Crippen molar-refractivity contribution < 1.29 is 19.2 Å². The molecule has 1 heterocycles. The number of aromatic nitrogens is 1. The fraction of sp³-hybridized carbons (Fsp3) is 0.211. The molecule has 0 saturated heterocycles. The summed E-state index contributed by atoms with van der Waals surface area (Å²) < 4.78 is 16.3. The molecule has 0 aliphatic heterocycles. The molecule has 0 fully saturated rings. The van der Waals surface area contributed by atoms with Crippen molar-refractivity contribution in [3.05, 3.63) is 40.8 Å². The van der Waals surface area contributed by atoms with Crippen LogP contribution < -0.4 is 24.9 Å².